The van der Waals surface area contributed by atoms with Gasteiger partial charge >= 0.3 is 0 Å². The summed E-state index contributed by atoms with van der Waals surface area (Å²) in [5.41, 5.74) is 1.75. The number of carbonyl (C=O) groups is 1. The Kier molecular flexibility index (Phi) is 2.23. The number of hydrogen-bond donors (Lipinski definition) is 0. The Morgan fingerprint density at radius 2 is 1.89 bits per heavy atom. The van der Waals surface area contributed by atoms with Crippen molar-refractivity contribution in [3.05, 3.63) is 53.6 Å². The summed E-state index contributed by atoms with van der Waals surface area (Å²) >= 11 is 0. The van der Waals surface area contributed by atoms with Gasteiger partial charge in [-0.15, -0.1) is 0 Å². The predicted molar refractivity (Wildman–Crippen MR) is 71.9 cm³/mol. The van der Waals surface area contributed by atoms with Gasteiger partial charge in [-0.3, -0.25) is 4.79 Å². The van der Waals surface area contributed by atoms with Gasteiger partial charge in [0.05, 0.1) is 6.61 Å². The van der Waals surface area contributed by atoms with Crippen LogP contribution in [-0.4, -0.2) is 25.1 Å². The number of ether oxygens (including phenoxy) is 2. The lowest BCUT2D eigenvalue weighted by molar-refractivity contribution is 0.104. The van der Waals surface area contributed by atoms with Crippen LogP contribution in [0.25, 0.3) is 16.5 Å². The minimum absolute atomic E-state index is 0.0102. The van der Waals surface area contributed by atoms with E-state index >= 15 is 0 Å². The number of ketones is 1. The highest BCUT2D eigenvalue weighted by Gasteiger charge is 2.26. The molecule has 1 unspecified atom stereocenters. The molecule has 1 fully saturated rings. The summed E-state index contributed by atoms with van der Waals surface area (Å²) in [5.74, 6) is 0.667. The smallest absolute Gasteiger partial charge is 0.190 e. The topological polar surface area (TPSA) is 38.8 Å². The summed E-state index contributed by atoms with van der Waals surface area (Å²) in [6.45, 7) is 1.26. The van der Waals surface area contributed by atoms with E-state index in [1.165, 1.54) is 0 Å². The zero-order valence-corrected chi connectivity index (χ0v) is 10.3. The Balaban J connectivity index is 1.85. The monoisotopic (exact) mass is 252 g/mol. The van der Waals surface area contributed by atoms with Crippen LogP contribution in [0.1, 0.15) is 15.9 Å². The van der Waals surface area contributed by atoms with Crippen molar-refractivity contribution < 1.29 is 14.3 Å². The van der Waals surface area contributed by atoms with Crippen molar-refractivity contribution in [2.24, 2.45) is 0 Å². The fourth-order valence-corrected chi connectivity index (χ4v) is 2.49. The number of carbonyl (C=O) groups excluding carboxylic acids is 1. The molecular formula is C16H12O3. The maximum atomic E-state index is 12.2. The highest BCUT2D eigenvalue weighted by molar-refractivity contribution is 6.21. The van der Waals surface area contributed by atoms with Gasteiger partial charge in [-0.2, -0.15) is 0 Å². The Morgan fingerprint density at radius 1 is 1.16 bits per heavy atom. The van der Waals surface area contributed by atoms with E-state index in [1.807, 2.05) is 36.4 Å². The normalized spacial score (nSPS) is 20.3. The summed E-state index contributed by atoms with van der Waals surface area (Å²) in [5, 5.41) is 2.06. The molecule has 2 aromatic carbocycles. The van der Waals surface area contributed by atoms with E-state index in [-0.39, 0.29) is 11.9 Å². The molecule has 2 aromatic rings. The van der Waals surface area contributed by atoms with E-state index in [4.69, 9.17) is 9.47 Å². The van der Waals surface area contributed by atoms with Gasteiger partial charge in [-0.05, 0) is 5.39 Å². The van der Waals surface area contributed by atoms with Crippen molar-refractivity contribution in [2.75, 3.05) is 13.2 Å². The first kappa shape index (κ1) is 10.8. The highest BCUT2D eigenvalue weighted by atomic mass is 16.6. The van der Waals surface area contributed by atoms with Crippen LogP contribution in [0.2, 0.25) is 0 Å². The molecule has 0 saturated carbocycles. The number of allylic oxidation sites excluding steroid dienone is 1. The molecule has 4 rings (SSSR count). The van der Waals surface area contributed by atoms with Gasteiger partial charge in [0.25, 0.3) is 0 Å². The van der Waals surface area contributed by atoms with E-state index in [0.717, 1.165) is 28.5 Å². The van der Waals surface area contributed by atoms with Crippen molar-refractivity contribution in [2.45, 2.75) is 6.10 Å². The van der Waals surface area contributed by atoms with Crippen molar-refractivity contribution in [3.8, 4) is 0 Å². The summed E-state index contributed by atoms with van der Waals surface area (Å²) < 4.78 is 10.9. The Bertz CT molecular complexity index is 706. The molecule has 0 bridgehead atoms. The van der Waals surface area contributed by atoms with Crippen LogP contribution < -0.4 is 0 Å². The lowest BCUT2D eigenvalue weighted by Crippen LogP contribution is -2.09. The van der Waals surface area contributed by atoms with Gasteiger partial charge in [-0.25, -0.2) is 0 Å². The fraction of sp³-hybridized carbons (Fsp3) is 0.188. The molecule has 1 atom stereocenters. The van der Waals surface area contributed by atoms with Gasteiger partial charge < -0.3 is 9.47 Å². The molecule has 0 spiro atoms. The third kappa shape index (κ3) is 1.74. The molecule has 94 valence electrons. The molecule has 0 amide bonds. The molecule has 1 heterocycles. The molecule has 1 aliphatic carbocycles. The standard InChI is InChI=1S/C16H12O3/c17-14-7-15(19-9-11-8-18-11)13-6-2-4-10-3-1-5-12(14)16(10)13/h1-7,11H,8-9H2. The van der Waals surface area contributed by atoms with Gasteiger partial charge in [0.15, 0.2) is 5.78 Å². The van der Waals surface area contributed by atoms with Gasteiger partial charge in [0.2, 0.25) is 0 Å². The van der Waals surface area contributed by atoms with Crippen LogP contribution >= 0.6 is 0 Å². The van der Waals surface area contributed by atoms with E-state index in [1.54, 1.807) is 6.08 Å². The molecule has 1 aliphatic heterocycles. The van der Waals surface area contributed by atoms with Crippen molar-refractivity contribution in [3.63, 3.8) is 0 Å². The van der Waals surface area contributed by atoms with Gasteiger partial charge in [-0.1, -0.05) is 36.4 Å². The SMILES string of the molecule is O=C1C=C(OCC2CO2)c2cccc3cccc1c23. The second kappa shape index (κ2) is 3.93. The Hall–Kier alpha value is -2.13. The molecule has 3 nitrogen and oxygen atoms in total. The highest BCUT2D eigenvalue weighted by Crippen LogP contribution is 2.33. The van der Waals surface area contributed by atoms with Crippen LogP contribution in [0.4, 0.5) is 0 Å². The lowest BCUT2D eigenvalue weighted by atomic mass is 9.91. The van der Waals surface area contributed by atoms with Gasteiger partial charge in [0, 0.05) is 22.6 Å². The first-order valence-corrected chi connectivity index (χ1v) is 6.35. The molecule has 2 aliphatic rings. The molecule has 19 heavy (non-hydrogen) atoms. The van der Waals surface area contributed by atoms with Crippen LogP contribution in [-0.2, 0) is 9.47 Å². The van der Waals surface area contributed by atoms with Crippen LogP contribution in [0.15, 0.2) is 42.5 Å². The number of benzene rings is 2. The first-order valence-electron chi connectivity index (χ1n) is 6.35. The lowest BCUT2D eigenvalue weighted by Gasteiger charge is -2.18. The second-order valence-electron chi connectivity index (χ2n) is 4.85. The molecule has 3 heteroatoms. The summed E-state index contributed by atoms with van der Waals surface area (Å²) in [4.78, 5) is 12.2. The molecule has 0 radical (unpaired) electrons. The Labute approximate surface area is 110 Å². The number of rotatable bonds is 3. The average molecular weight is 252 g/mol. The minimum Gasteiger partial charge on any atom is -0.490 e. The zero-order valence-electron chi connectivity index (χ0n) is 10.3. The first-order chi connectivity index (χ1) is 9.33. The summed E-state index contributed by atoms with van der Waals surface area (Å²) in [6, 6.07) is 11.8. The summed E-state index contributed by atoms with van der Waals surface area (Å²) in [7, 11) is 0. The molecule has 0 N–H and O–H groups in total. The average Bonchev–Trinajstić information content (AvgIpc) is 3.25. The fourth-order valence-electron chi connectivity index (χ4n) is 2.49. The van der Waals surface area contributed by atoms with E-state index in [0.29, 0.717) is 12.4 Å². The second-order valence-corrected chi connectivity index (χ2v) is 4.85. The number of hydrogen-bond acceptors (Lipinski definition) is 3. The maximum Gasteiger partial charge on any atom is 0.190 e. The Morgan fingerprint density at radius 3 is 2.63 bits per heavy atom. The largest absolute Gasteiger partial charge is 0.490 e. The molecular weight excluding hydrogens is 240 g/mol. The third-order valence-electron chi connectivity index (χ3n) is 3.52. The minimum atomic E-state index is 0.0102. The van der Waals surface area contributed by atoms with Crippen molar-refractivity contribution >= 4 is 22.3 Å². The quantitative estimate of drug-likeness (QED) is 0.788. The van der Waals surface area contributed by atoms with E-state index in [9.17, 15) is 4.79 Å². The molecule has 0 aromatic heterocycles. The van der Waals surface area contributed by atoms with E-state index < -0.39 is 0 Å². The van der Waals surface area contributed by atoms with E-state index in [2.05, 4.69) is 0 Å². The zero-order chi connectivity index (χ0) is 12.8. The van der Waals surface area contributed by atoms with Crippen molar-refractivity contribution in [1.82, 2.24) is 0 Å². The molecule has 1 saturated heterocycles. The van der Waals surface area contributed by atoms with Crippen LogP contribution in [0.3, 0.4) is 0 Å². The predicted octanol–water partition coefficient (Wildman–Crippen LogP) is 2.79. The maximum absolute atomic E-state index is 12.2. The van der Waals surface area contributed by atoms with Crippen LogP contribution in [0, 0.1) is 0 Å². The summed E-state index contributed by atoms with van der Waals surface area (Å²) in [6.07, 6.45) is 1.77. The van der Waals surface area contributed by atoms with Crippen LogP contribution in [0.5, 0.6) is 0 Å². The number of epoxide rings is 1. The third-order valence-corrected chi connectivity index (χ3v) is 3.52. The van der Waals surface area contributed by atoms with Crippen molar-refractivity contribution in [1.29, 1.82) is 0 Å². The van der Waals surface area contributed by atoms with Gasteiger partial charge in [0.1, 0.15) is 18.5 Å².